The lowest BCUT2D eigenvalue weighted by Crippen LogP contribution is -2.30. The second-order valence-electron chi connectivity index (χ2n) is 9.59. The van der Waals surface area contributed by atoms with E-state index in [0.29, 0.717) is 39.2 Å². The summed E-state index contributed by atoms with van der Waals surface area (Å²) in [5, 5.41) is 9.16. The summed E-state index contributed by atoms with van der Waals surface area (Å²) in [7, 11) is 0. The average Bonchev–Trinajstić information content (AvgIpc) is 3.02. The maximum absolute atomic E-state index is 13.4. The molecule has 226 valence electrons. The number of unbranched alkanes of at least 4 members (excludes halogenated alkanes) is 1. The van der Waals surface area contributed by atoms with Crippen molar-refractivity contribution in [2.24, 2.45) is 0 Å². The number of benzene rings is 4. The van der Waals surface area contributed by atoms with Crippen LogP contribution in [0.5, 0.6) is 5.75 Å². The Balaban J connectivity index is 1.40. The van der Waals surface area contributed by atoms with E-state index in [9.17, 15) is 14.4 Å². The molecule has 0 aromatic heterocycles. The Hall–Kier alpha value is -4.24. The zero-order valence-corrected chi connectivity index (χ0v) is 26.3. The summed E-state index contributed by atoms with van der Waals surface area (Å²) in [4.78, 5) is 39.7. The number of halogens is 2. The molecule has 0 heterocycles. The average molecular weight is 649 g/mol. The Morgan fingerprint density at radius 1 is 0.841 bits per heavy atom. The van der Waals surface area contributed by atoms with Crippen LogP contribution in [0.4, 0.5) is 11.4 Å². The number of rotatable bonds is 13. The third-order valence-corrected chi connectivity index (χ3v) is 7.71. The summed E-state index contributed by atoms with van der Waals surface area (Å²) < 4.78 is 5.66. The molecule has 0 spiro atoms. The number of nitrogens with one attached hydrogen (secondary N) is 3. The van der Waals surface area contributed by atoms with E-state index < -0.39 is 11.8 Å². The van der Waals surface area contributed by atoms with E-state index in [0.717, 1.165) is 23.5 Å². The molecule has 10 heteroatoms. The molecule has 0 unspecified atom stereocenters. The lowest BCUT2D eigenvalue weighted by molar-refractivity contribution is -0.114. The fourth-order valence-corrected chi connectivity index (χ4v) is 5.11. The molecule has 0 atom stereocenters. The van der Waals surface area contributed by atoms with E-state index in [-0.39, 0.29) is 17.4 Å². The van der Waals surface area contributed by atoms with Crippen molar-refractivity contribution in [2.45, 2.75) is 24.7 Å². The SMILES string of the molecule is CCCCOc1ccc(NC(=O)CSc2cccc(NC(=O)/C(=C\c3ccc(Cl)cc3Cl)NC(=O)c3ccccc3)c2)cc1. The summed E-state index contributed by atoms with van der Waals surface area (Å²) in [6, 6.07) is 27.8. The number of hydrogen-bond donors (Lipinski definition) is 3. The molecule has 7 nitrogen and oxygen atoms in total. The van der Waals surface area contributed by atoms with Crippen molar-refractivity contribution in [2.75, 3.05) is 23.0 Å². The number of ether oxygens (including phenoxy) is 1. The molecule has 4 aromatic rings. The molecule has 3 N–H and O–H groups in total. The van der Waals surface area contributed by atoms with Gasteiger partial charge in [-0.2, -0.15) is 0 Å². The molecule has 44 heavy (non-hydrogen) atoms. The van der Waals surface area contributed by atoms with Crippen LogP contribution in [0, 0.1) is 0 Å². The van der Waals surface area contributed by atoms with Crippen LogP contribution >= 0.6 is 35.0 Å². The Bertz CT molecular complexity index is 1630. The molecule has 0 fully saturated rings. The van der Waals surface area contributed by atoms with Crippen LogP contribution in [0.3, 0.4) is 0 Å². The van der Waals surface area contributed by atoms with Gasteiger partial charge < -0.3 is 20.7 Å². The highest BCUT2D eigenvalue weighted by Crippen LogP contribution is 2.25. The Morgan fingerprint density at radius 2 is 1.61 bits per heavy atom. The minimum atomic E-state index is -0.553. The van der Waals surface area contributed by atoms with Gasteiger partial charge in [0.05, 0.1) is 12.4 Å². The van der Waals surface area contributed by atoms with Crippen LogP contribution in [-0.4, -0.2) is 30.1 Å². The topological polar surface area (TPSA) is 96.5 Å². The van der Waals surface area contributed by atoms with Crippen molar-refractivity contribution in [1.29, 1.82) is 0 Å². The fraction of sp³-hybridized carbons (Fsp3) is 0.147. The summed E-state index contributed by atoms with van der Waals surface area (Å²) in [5.41, 5.74) is 2.05. The first kappa shape index (κ1) is 32.7. The zero-order chi connectivity index (χ0) is 31.3. The maximum Gasteiger partial charge on any atom is 0.272 e. The molecule has 0 aliphatic heterocycles. The van der Waals surface area contributed by atoms with E-state index in [1.807, 2.05) is 18.2 Å². The normalized spacial score (nSPS) is 11.0. The summed E-state index contributed by atoms with van der Waals surface area (Å²) >= 11 is 13.7. The Morgan fingerprint density at radius 3 is 2.34 bits per heavy atom. The molecule has 0 radical (unpaired) electrons. The summed E-state index contributed by atoms with van der Waals surface area (Å²) in [6.45, 7) is 2.77. The fourth-order valence-electron chi connectivity index (χ4n) is 3.89. The van der Waals surface area contributed by atoms with Gasteiger partial charge >= 0.3 is 0 Å². The number of anilines is 2. The second kappa shape index (κ2) is 16.6. The highest BCUT2D eigenvalue weighted by atomic mass is 35.5. The van der Waals surface area contributed by atoms with Crippen molar-refractivity contribution >= 4 is 70.1 Å². The van der Waals surface area contributed by atoms with Gasteiger partial charge in [-0.1, -0.05) is 66.9 Å². The monoisotopic (exact) mass is 647 g/mol. The van der Waals surface area contributed by atoms with Crippen molar-refractivity contribution in [3.63, 3.8) is 0 Å². The van der Waals surface area contributed by atoms with E-state index in [1.165, 1.54) is 17.8 Å². The molecular formula is C34H31Cl2N3O4S. The van der Waals surface area contributed by atoms with E-state index in [1.54, 1.807) is 78.9 Å². The van der Waals surface area contributed by atoms with Gasteiger partial charge in [-0.3, -0.25) is 14.4 Å². The van der Waals surface area contributed by atoms with Crippen molar-refractivity contribution in [3.8, 4) is 5.75 Å². The van der Waals surface area contributed by atoms with Crippen LogP contribution < -0.4 is 20.7 Å². The lowest BCUT2D eigenvalue weighted by Gasteiger charge is -2.13. The third-order valence-electron chi connectivity index (χ3n) is 6.16. The molecular weight excluding hydrogens is 617 g/mol. The molecule has 0 aliphatic rings. The largest absolute Gasteiger partial charge is 0.494 e. The minimum Gasteiger partial charge on any atom is -0.494 e. The van der Waals surface area contributed by atoms with E-state index >= 15 is 0 Å². The minimum absolute atomic E-state index is 0.0118. The van der Waals surface area contributed by atoms with Gasteiger partial charge in [-0.25, -0.2) is 0 Å². The Labute approximate surface area is 271 Å². The summed E-state index contributed by atoms with van der Waals surface area (Å²) in [6.07, 6.45) is 3.54. The quantitative estimate of drug-likeness (QED) is 0.0770. The smallest absolute Gasteiger partial charge is 0.272 e. The number of hydrogen-bond acceptors (Lipinski definition) is 5. The molecule has 0 saturated carbocycles. The lowest BCUT2D eigenvalue weighted by atomic mass is 10.1. The van der Waals surface area contributed by atoms with E-state index in [4.69, 9.17) is 27.9 Å². The number of amides is 3. The number of carbonyl (C=O) groups is 3. The molecule has 0 aliphatic carbocycles. The van der Waals surface area contributed by atoms with E-state index in [2.05, 4.69) is 22.9 Å². The van der Waals surface area contributed by atoms with Gasteiger partial charge in [-0.05, 0) is 84.8 Å². The van der Waals surface area contributed by atoms with Crippen LogP contribution in [0.25, 0.3) is 6.08 Å². The first-order valence-electron chi connectivity index (χ1n) is 13.9. The highest BCUT2D eigenvalue weighted by molar-refractivity contribution is 8.00. The van der Waals surface area contributed by atoms with Crippen molar-refractivity contribution in [3.05, 3.63) is 124 Å². The van der Waals surface area contributed by atoms with Gasteiger partial charge in [0.15, 0.2) is 0 Å². The van der Waals surface area contributed by atoms with Crippen LogP contribution in [0.15, 0.2) is 108 Å². The van der Waals surface area contributed by atoms with Gasteiger partial charge in [0, 0.05) is 31.9 Å². The van der Waals surface area contributed by atoms with Gasteiger partial charge in [0.25, 0.3) is 11.8 Å². The molecule has 3 amide bonds. The predicted octanol–water partition coefficient (Wildman–Crippen LogP) is 8.31. The third kappa shape index (κ3) is 10.2. The first-order chi connectivity index (χ1) is 21.3. The van der Waals surface area contributed by atoms with Crippen LogP contribution in [0.1, 0.15) is 35.7 Å². The van der Waals surface area contributed by atoms with Gasteiger partial charge in [-0.15, -0.1) is 11.8 Å². The van der Waals surface area contributed by atoms with Crippen molar-refractivity contribution in [1.82, 2.24) is 5.32 Å². The zero-order valence-electron chi connectivity index (χ0n) is 23.9. The van der Waals surface area contributed by atoms with Gasteiger partial charge in [0.1, 0.15) is 11.4 Å². The molecule has 4 aromatic carbocycles. The molecule has 4 rings (SSSR count). The number of thioether (sulfide) groups is 1. The molecule has 0 bridgehead atoms. The summed E-state index contributed by atoms with van der Waals surface area (Å²) in [5.74, 6) is -0.246. The highest BCUT2D eigenvalue weighted by Gasteiger charge is 2.16. The standard InChI is InChI=1S/C34H31Cl2N3O4S/c1-2-3-18-43-28-16-14-26(15-17-28)37-32(40)22-44-29-11-7-10-27(21-29)38-34(42)31(19-24-12-13-25(35)20-30(24)36)39-33(41)23-8-5-4-6-9-23/h4-17,19-21H,2-3,18,22H2,1H3,(H,37,40)(H,38,42)(H,39,41)/b31-19+. The Kier molecular flexibility index (Phi) is 12.3. The second-order valence-corrected chi connectivity index (χ2v) is 11.5. The molecule has 0 saturated heterocycles. The van der Waals surface area contributed by atoms with Crippen LogP contribution in [0.2, 0.25) is 10.0 Å². The maximum atomic E-state index is 13.4. The van der Waals surface area contributed by atoms with Crippen molar-refractivity contribution < 1.29 is 19.1 Å². The number of carbonyl (C=O) groups excluding carboxylic acids is 3. The predicted molar refractivity (Wildman–Crippen MR) is 180 cm³/mol. The van der Waals surface area contributed by atoms with Gasteiger partial charge in [0.2, 0.25) is 5.91 Å². The first-order valence-corrected chi connectivity index (χ1v) is 15.6. The van der Waals surface area contributed by atoms with Crippen LogP contribution in [-0.2, 0) is 9.59 Å².